The van der Waals surface area contributed by atoms with E-state index < -0.39 is 0 Å². The Kier molecular flexibility index (Phi) is 4.07. The molecule has 0 aliphatic carbocycles. The molecule has 0 bridgehead atoms. The maximum Gasteiger partial charge on any atom is 0.258 e. The van der Waals surface area contributed by atoms with Gasteiger partial charge in [-0.05, 0) is 29.3 Å². The van der Waals surface area contributed by atoms with Gasteiger partial charge in [0.2, 0.25) is 0 Å². The first-order chi connectivity index (χ1) is 10.6. The standard InChI is InChI=1S/C17H16BrNO3/c1-21-14-7-6-12-10-19(17(20)15(12)16(14)22-2)9-11-4-3-5-13(18)8-11/h3-8H,9-10H2,1-2H3. The van der Waals surface area contributed by atoms with Gasteiger partial charge >= 0.3 is 0 Å². The SMILES string of the molecule is COc1ccc2c(c1OC)C(=O)N(Cc1cccc(Br)c1)C2. The second kappa shape index (κ2) is 6.01. The Hall–Kier alpha value is -2.01. The van der Waals surface area contributed by atoms with Crippen LogP contribution in [0.1, 0.15) is 21.5 Å². The van der Waals surface area contributed by atoms with Gasteiger partial charge in [-0.15, -0.1) is 0 Å². The van der Waals surface area contributed by atoms with E-state index in [-0.39, 0.29) is 5.91 Å². The number of ether oxygens (including phenoxy) is 2. The van der Waals surface area contributed by atoms with E-state index in [4.69, 9.17) is 9.47 Å². The average molecular weight is 362 g/mol. The fourth-order valence-electron chi connectivity index (χ4n) is 2.75. The van der Waals surface area contributed by atoms with Crippen molar-refractivity contribution < 1.29 is 14.3 Å². The van der Waals surface area contributed by atoms with Gasteiger partial charge in [0.25, 0.3) is 5.91 Å². The molecule has 0 spiro atoms. The molecule has 114 valence electrons. The van der Waals surface area contributed by atoms with Crippen molar-refractivity contribution in [2.45, 2.75) is 13.1 Å². The minimum atomic E-state index is -0.0225. The number of carbonyl (C=O) groups is 1. The molecule has 2 aromatic carbocycles. The number of amides is 1. The van der Waals surface area contributed by atoms with Gasteiger partial charge in [-0.1, -0.05) is 34.1 Å². The maximum absolute atomic E-state index is 12.7. The number of carbonyl (C=O) groups excluding carboxylic acids is 1. The monoisotopic (exact) mass is 361 g/mol. The Bertz CT molecular complexity index is 730. The highest BCUT2D eigenvalue weighted by molar-refractivity contribution is 9.10. The van der Waals surface area contributed by atoms with Gasteiger partial charge in [0.1, 0.15) is 0 Å². The van der Waals surface area contributed by atoms with Crippen molar-refractivity contribution in [3.8, 4) is 11.5 Å². The van der Waals surface area contributed by atoms with Crippen LogP contribution in [0.25, 0.3) is 0 Å². The summed E-state index contributed by atoms with van der Waals surface area (Å²) in [5.41, 5.74) is 2.66. The van der Waals surface area contributed by atoms with Gasteiger partial charge in [0.05, 0.1) is 19.8 Å². The summed E-state index contributed by atoms with van der Waals surface area (Å²) in [5, 5.41) is 0. The highest BCUT2D eigenvalue weighted by Crippen LogP contribution is 2.38. The molecule has 2 aromatic rings. The zero-order chi connectivity index (χ0) is 15.7. The van der Waals surface area contributed by atoms with Crippen LogP contribution in [0.3, 0.4) is 0 Å². The summed E-state index contributed by atoms with van der Waals surface area (Å²) >= 11 is 3.46. The zero-order valence-electron chi connectivity index (χ0n) is 12.4. The van der Waals surface area contributed by atoms with Gasteiger partial charge < -0.3 is 14.4 Å². The van der Waals surface area contributed by atoms with Crippen molar-refractivity contribution in [1.29, 1.82) is 0 Å². The van der Waals surface area contributed by atoms with Crippen LogP contribution in [0.4, 0.5) is 0 Å². The molecule has 5 heteroatoms. The number of nitrogens with zero attached hydrogens (tertiary/aromatic N) is 1. The van der Waals surface area contributed by atoms with Gasteiger partial charge in [0, 0.05) is 17.6 Å². The lowest BCUT2D eigenvalue weighted by Gasteiger charge is -2.16. The Labute approximate surface area is 137 Å². The van der Waals surface area contributed by atoms with Crippen molar-refractivity contribution in [1.82, 2.24) is 4.90 Å². The van der Waals surface area contributed by atoms with Crippen LogP contribution in [-0.2, 0) is 13.1 Å². The smallest absolute Gasteiger partial charge is 0.258 e. The summed E-state index contributed by atoms with van der Waals surface area (Å²) in [5.74, 6) is 1.08. The number of rotatable bonds is 4. The summed E-state index contributed by atoms with van der Waals surface area (Å²) in [4.78, 5) is 14.5. The Morgan fingerprint density at radius 3 is 2.68 bits per heavy atom. The van der Waals surface area contributed by atoms with Crippen LogP contribution < -0.4 is 9.47 Å². The maximum atomic E-state index is 12.7. The molecule has 0 aromatic heterocycles. The Balaban J connectivity index is 1.91. The van der Waals surface area contributed by atoms with E-state index in [9.17, 15) is 4.79 Å². The lowest BCUT2D eigenvalue weighted by Crippen LogP contribution is -2.23. The summed E-state index contributed by atoms with van der Waals surface area (Å²) in [6, 6.07) is 11.7. The fourth-order valence-corrected chi connectivity index (χ4v) is 3.20. The highest BCUT2D eigenvalue weighted by atomic mass is 79.9. The molecule has 0 radical (unpaired) electrons. The van der Waals surface area contributed by atoms with Crippen LogP contribution in [0.2, 0.25) is 0 Å². The largest absolute Gasteiger partial charge is 0.493 e. The minimum absolute atomic E-state index is 0.0225. The number of halogens is 1. The number of methoxy groups -OCH3 is 2. The quantitative estimate of drug-likeness (QED) is 0.834. The van der Waals surface area contributed by atoms with Gasteiger partial charge in [0.15, 0.2) is 11.5 Å². The molecule has 0 fully saturated rings. The molecule has 0 saturated carbocycles. The zero-order valence-corrected chi connectivity index (χ0v) is 14.0. The molecule has 1 aliphatic heterocycles. The van der Waals surface area contributed by atoms with E-state index in [0.29, 0.717) is 30.2 Å². The van der Waals surface area contributed by atoms with Crippen LogP contribution in [0.5, 0.6) is 11.5 Å². The lowest BCUT2D eigenvalue weighted by molar-refractivity contribution is 0.0764. The number of hydrogen-bond donors (Lipinski definition) is 0. The Morgan fingerprint density at radius 1 is 1.18 bits per heavy atom. The van der Waals surface area contributed by atoms with Crippen molar-refractivity contribution in [3.05, 3.63) is 57.6 Å². The molecule has 0 unspecified atom stereocenters. The van der Waals surface area contributed by atoms with Crippen LogP contribution >= 0.6 is 15.9 Å². The third-order valence-electron chi connectivity index (χ3n) is 3.76. The first kappa shape index (κ1) is 14.9. The molecule has 1 amide bonds. The minimum Gasteiger partial charge on any atom is -0.493 e. The molecular formula is C17H16BrNO3. The van der Waals surface area contributed by atoms with E-state index >= 15 is 0 Å². The van der Waals surface area contributed by atoms with E-state index in [1.807, 2.05) is 41.3 Å². The van der Waals surface area contributed by atoms with Crippen LogP contribution in [-0.4, -0.2) is 25.0 Å². The Morgan fingerprint density at radius 2 is 2.00 bits per heavy atom. The molecule has 0 atom stereocenters. The molecule has 1 heterocycles. The molecule has 1 aliphatic rings. The first-order valence-corrected chi connectivity index (χ1v) is 7.71. The van der Waals surface area contributed by atoms with E-state index in [1.165, 1.54) is 0 Å². The summed E-state index contributed by atoms with van der Waals surface area (Å²) in [6.45, 7) is 1.15. The molecule has 3 rings (SSSR count). The number of fused-ring (bicyclic) bond motifs is 1. The topological polar surface area (TPSA) is 38.8 Å². The van der Waals surface area contributed by atoms with Gasteiger partial charge in [-0.2, -0.15) is 0 Å². The van der Waals surface area contributed by atoms with Crippen molar-refractivity contribution in [2.24, 2.45) is 0 Å². The van der Waals surface area contributed by atoms with Gasteiger partial charge in [-0.25, -0.2) is 0 Å². The molecular weight excluding hydrogens is 346 g/mol. The van der Waals surface area contributed by atoms with Crippen molar-refractivity contribution in [3.63, 3.8) is 0 Å². The third-order valence-corrected chi connectivity index (χ3v) is 4.25. The molecule has 4 nitrogen and oxygen atoms in total. The summed E-state index contributed by atoms with van der Waals surface area (Å²) in [6.07, 6.45) is 0. The van der Waals surface area contributed by atoms with Crippen molar-refractivity contribution >= 4 is 21.8 Å². The van der Waals surface area contributed by atoms with E-state index in [0.717, 1.165) is 15.6 Å². The number of benzene rings is 2. The summed E-state index contributed by atoms with van der Waals surface area (Å²) in [7, 11) is 3.13. The third kappa shape index (κ3) is 2.57. The first-order valence-electron chi connectivity index (χ1n) is 6.91. The normalized spacial score (nSPS) is 13.2. The van der Waals surface area contributed by atoms with Crippen LogP contribution in [0.15, 0.2) is 40.9 Å². The van der Waals surface area contributed by atoms with E-state index in [1.54, 1.807) is 14.2 Å². The fraction of sp³-hybridized carbons (Fsp3) is 0.235. The average Bonchev–Trinajstić information content (AvgIpc) is 2.83. The predicted molar refractivity (Wildman–Crippen MR) is 87.3 cm³/mol. The highest BCUT2D eigenvalue weighted by Gasteiger charge is 2.32. The molecule has 22 heavy (non-hydrogen) atoms. The van der Waals surface area contributed by atoms with Crippen LogP contribution in [0, 0.1) is 0 Å². The second-order valence-electron chi connectivity index (χ2n) is 5.13. The van der Waals surface area contributed by atoms with Crippen molar-refractivity contribution in [2.75, 3.05) is 14.2 Å². The summed E-state index contributed by atoms with van der Waals surface area (Å²) < 4.78 is 11.7. The second-order valence-corrected chi connectivity index (χ2v) is 6.04. The lowest BCUT2D eigenvalue weighted by atomic mass is 10.1. The van der Waals surface area contributed by atoms with Gasteiger partial charge in [-0.3, -0.25) is 4.79 Å². The number of hydrogen-bond acceptors (Lipinski definition) is 3. The molecule has 0 saturated heterocycles. The molecule has 0 N–H and O–H groups in total. The predicted octanol–water partition coefficient (Wildman–Crippen LogP) is 3.62. The van der Waals surface area contributed by atoms with E-state index in [2.05, 4.69) is 15.9 Å².